The first-order valence-electron chi connectivity index (χ1n) is 7.21. The van der Waals surface area contributed by atoms with Crippen molar-refractivity contribution < 1.29 is 9.90 Å². The molecule has 0 bridgehead atoms. The Bertz CT molecular complexity index is 762. The zero-order valence-electron chi connectivity index (χ0n) is 12.8. The summed E-state index contributed by atoms with van der Waals surface area (Å²) in [5.41, 5.74) is 2.33. The summed E-state index contributed by atoms with van der Waals surface area (Å²) in [6.07, 6.45) is 1.38. The van der Waals surface area contributed by atoms with Crippen LogP contribution in [0.2, 0.25) is 5.02 Å². The standard InChI is InChI=1S/C18H16ClN3O2/c19-16-5-7-17(8-6-16)22-18(24)15(9-20)11-21-10-13-1-3-14(12-23)4-2-13/h1-8,11,21,23H,10,12H2,(H,22,24)/b15-11-. The van der Waals surface area contributed by atoms with Crippen LogP contribution in [0.25, 0.3) is 0 Å². The number of carbonyl (C=O) groups excluding carboxylic acids is 1. The van der Waals surface area contributed by atoms with Crippen LogP contribution in [0.1, 0.15) is 11.1 Å². The van der Waals surface area contributed by atoms with Gasteiger partial charge in [-0.3, -0.25) is 4.79 Å². The van der Waals surface area contributed by atoms with Gasteiger partial charge in [0, 0.05) is 23.5 Å². The van der Waals surface area contributed by atoms with Gasteiger partial charge in [0.1, 0.15) is 11.6 Å². The van der Waals surface area contributed by atoms with Crippen LogP contribution in [0.4, 0.5) is 5.69 Å². The summed E-state index contributed by atoms with van der Waals surface area (Å²) >= 11 is 5.78. The molecule has 0 unspecified atom stereocenters. The Morgan fingerprint density at radius 2 is 1.75 bits per heavy atom. The highest BCUT2D eigenvalue weighted by Gasteiger charge is 2.09. The lowest BCUT2D eigenvalue weighted by Gasteiger charge is -2.06. The van der Waals surface area contributed by atoms with Gasteiger partial charge in [-0.1, -0.05) is 35.9 Å². The molecule has 0 aliphatic rings. The van der Waals surface area contributed by atoms with Crippen LogP contribution in [0.3, 0.4) is 0 Å². The number of hydrogen-bond acceptors (Lipinski definition) is 4. The fourth-order valence-electron chi connectivity index (χ4n) is 1.91. The Labute approximate surface area is 145 Å². The highest BCUT2D eigenvalue weighted by Crippen LogP contribution is 2.14. The van der Waals surface area contributed by atoms with Crippen LogP contribution in [-0.4, -0.2) is 11.0 Å². The second kappa shape index (κ2) is 8.73. The van der Waals surface area contributed by atoms with Gasteiger partial charge in [0.2, 0.25) is 0 Å². The van der Waals surface area contributed by atoms with Crippen LogP contribution in [0.15, 0.2) is 60.3 Å². The second-order valence-electron chi connectivity index (χ2n) is 4.99. The van der Waals surface area contributed by atoms with E-state index in [4.69, 9.17) is 22.0 Å². The molecule has 0 radical (unpaired) electrons. The van der Waals surface area contributed by atoms with Gasteiger partial charge in [0.15, 0.2) is 0 Å². The zero-order chi connectivity index (χ0) is 17.4. The van der Waals surface area contributed by atoms with Gasteiger partial charge in [0.25, 0.3) is 5.91 Å². The van der Waals surface area contributed by atoms with Gasteiger partial charge in [-0.05, 0) is 35.4 Å². The number of anilines is 1. The molecular formula is C18H16ClN3O2. The normalized spacial score (nSPS) is 10.8. The first-order chi connectivity index (χ1) is 11.6. The number of nitrogens with zero attached hydrogens (tertiary/aromatic N) is 1. The predicted octanol–water partition coefficient (Wildman–Crippen LogP) is 2.97. The number of aliphatic hydroxyl groups is 1. The number of nitriles is 1. The number of halogens is 1. The number of hydrogen-bond donors (Lipinski definition) is 3. The minimum Gasteiger partial charge on any atom is -0.392 e. The van der Waals surface area contributed by atoms with E-state index in [1.807, 2.05) is 30.3 Å². The molecule has 0 fully saturated rings. The number of benzene rings is 2. The predicted molar refractivity (Wildman–Crippen MR) is 93.0 cm³/mol. The molecule has 3 N–H and O–H groups in total. The topological polar surface area (TPSA) is 85.2 Å². The number of aliphatic hydroxyl groups excluding tert-OH is 1. The van der Waals surface area contributed by atoms with Crippen LogP contribution in [0, 0.1) is 11.3 Å². The maximum atomic E-state index is 12.1. The zero-order valence-corrected chi connectivity index (χ0v) is 13.5. The lowest BCUT2D eigenvalue weighted by Crippen LogP contribution is -2.16. The van der Waals surface area contributed by atoms with E-state index in [1.165, 1.54) is 6.20 Å². The number of rotatable bonds is 6. The van der Waals surface area contributed by atoms with Gasteiger partial charge in [-0.15, -0.1) is 0 Å². The lowest BCUT2D eigenvalue weighted by molar-refractivity contribution is -0.112. The molecule has 0 atom stereocenters. The van der Waals surface area contributed by atoms with E-state index in [0.29, 0.717) is 17.3 Å². The summed E-state index contributed by atoms with van der Waals surface area (Å²) < 4.78 is 0. The molecule has 24 heavy (non-hydrogen) atoms. The number of nitrogens with one attached hydrogen (secondary N) is 2. The maximum Gasteiger partial charge on any atom is 0.267 e. The molecule has 0 heterocycles. The third-order valence-corrected chi connectivity index (χ3v) is 3.48. The molecule has 1 amide bonds. The maximum absolute atomic E-state index is 12.1. The van der Waals surface area contributed by atoms with Crippen LogP contribution >= 0.6 is 11.6 Å². The van der Waals surface area contributed by atoms with Crippen molar-refractivity contribution in [3.8, 4) is 6.07 Å². The summed E-state index contributed by atoms with van der Waals surface area (Å²) in [6, 6.07) is 15.9. The fraction of sp³-hybridized carbons (Fsp3) is 0.111. The van der Waals surface area contributed by atoms with Gasteiger partial charge >= 0.3 is 0 Å². The minimum absolute atomic E-state index is 0.00292. The quantitative estimate of drug-likeness (QED) is 0.557. The van der Waals surface area contributed by atoms with Crippen molar-refractivity contribution in [2.75, 3.05) is 5.32 Å². The van der Waals surface area contributed by atoms with Crippen molar-refractivity contribution in [2.45, 2.75) is 13.2 Å². The van der Waals surface area contributed by atoms with Gasteiger partial charge < -0.3 is 15.7 Å². The van der Waals surface area contributed by atoms with E-state index < -0.39 is 5.91 Å². The van der Waals surface area contributed by atoms with E-state index >= 15 is 0 Å². The van der Waals surface area contributed by atoms with Crippen LogP contribution in [0.5, 0.6) is 0 Å². The Morgan fingerprint density at radius 3 is 2.33 bits per heavy atom. The molecule has 6 heteroatoms. The molecule has 0 aliphatic heterocycles. The Kier molecular flexibility index (Phi) is 6.38. The highest BCUT2D eigenvalue weighted by atomic mass is 35.5. The molecular weight excluding hydrogens is 326 g/mol. The molecule has 0 saturated carbocycles. The third kappa shape index (κ3) is 5.13. The second-order valence-corrected chi connectivity index (χ2v) is 5.42. The average molecular weight is 342 g/mol. The van der Waals surface area contributed by atoms with Gasteiger partial charge in [-0.25, -0.2) is 0 Å². The molecule has 0 aliphatic carbocycles. The molecule has 0 aromatic heterocycles. The Hall–Kier alpha value is -2.81. The van der Waals surface area contributed by atoms with E-state index in [1.54, 1.807) is 24.3 Å². The molecule has 0 saturated heterocycles. The first-order valence-corrected chi connectivity index (χ1v) is 7.59. The van der Waals surface area contributed by atoms with Crippen LogP contribution < -0.4 is 10.6 Å². The van der Waals surface area contributed by atoms with Crippen LogP contribution in [-0.2, 0) is 17.9 Å². The van der Waals surface area contributed by atoms with Gasteiger partial charge in [-0.2, -0.15) is 5.26 Å². The molecule has 2 aromatic carbocycles. The largest absolute Gasteiger partial charge is 0.392 e. The number of carbonyl (C=O) groups is 1. The van der Waals surface area contributed by atoms with Crippen molar-refractivity contribution in [3.05, 3.63) is 76.5 Å². The third-order valence-electron chi connectivity index (χ3n) is 3.23. The smallest absolute Gasteiger partial charge is 0.267 e. The van der Waals surface area contributed by atoms with Gasteiger partial charge in [0.05, 0.1) is 6.61 Å². The molecule has 2 rings (SSSR count). The average Bonchev–Trinajstić information content (AvgIpc) is 2.61. The van der Waals surface area contributed by atoms with E-state index in [-0.39, 0.29) is 12.2 Å². The molecule has 2 aromatic rings. The van der Waals surface area contributed by atoms with E-state index in [9.17, 15) is 4.79 Å². The molecule has 0 spiro atoms. The SMILES string of the molecule is N#C/C(=C/NCc1ccc(CO)cc1)C(=O)Nc1ccc(Cl)cc1. The monoisotopic (exact) mass is 341 g/mol. The number of amides is 1. The summed E-state index contributed by atoms with van der Waals surface area (Å²) in [6.45, 7) is 0.460. The van der Waals surface area contributed by atoms with E-state index in [2.05, 4.69) is 10.6 Å². The molecule has 122 valence electrons. The van der Waals surface area contributed by atoms with E-state index in [0.717, 1.165) is 11.1 Å². The van der Waals surface area contributed by atoms with Crippen molar-refractivity contribution in [1.82, 2.24) is 5.32 Å². The highest BCUT2D eigenvalue weighted by molar-refractivity contribution is 6.30. The summed E-state index contributed by atoms with van der Waals surface area (Å²) in [7, 11) is 0. The van der Waals surface area contributed by atoms with Crippen molar-refractivity contribution in [1.29, 1.82) is 5.26 Å². The summed E-state index contributed by atoms with van der Waals surface area (Å²) in [4.78, 5) is 12.1. The lowest BCUT2D eigenvalue weighted by atomic mass is 10.1. The Balaban J connectivity index is 1.93. The van der Waals surface area contributed by atoms with Crippen molar-refractivity contribution in [3.63, 3.8) is 0 Å². The summed E-state index contributed by atoms with van der Waals surface area (Å²) in [5, 5.41) is 24.2. The first kappa shape index (κ1) is 17.5. The summed E-state index contributed by atoms with van der Waals surface area (Å²) in [5.74, 6) is -0.497. The Morgan fingerprint density at radius 1 is 1.12 bits per heavy atom. The minimum atomic E-state index is -0.497. The van der Waals surface area contributed by atoms with Crippen molar-refractivity contribution in [2.24, 2.45) is 0 Å². The fourth-order valence-corrected chi connectivity index (χ4v) is 2.04. The molecule has 5 nitrogen and oxygen atoms in total. The van der Waals surface area contributed by atoms with Crippen molar-refractivity contribution >= 4 is 23.2 Å².